The van der Waals surface area contributed by atoms with E-state index in [4.69, 9.17) is 0 Å². The fourth-order valence-corrected chi connectivity index (χ4v) is 4.60. The maximum absolute atomic E-state index is 12.2. The molecule has 24 heavy (non-hydrogen) atoms. The van der Waals surface area contributed by atoms with Crippen molar-refractivity contribution in [3.05, 3.63) is 18.0 Å². The summed E-state index contributed by atoms with van der Waals surface area (Å²) in [5, 5.41) is 2.86. The van der Waals surface area contributed by atoms with Gasteiger partial charge in [0.2, 0.25) is 5.95 Å². The standard InChI is InChI=1S/C16H26N4O3S/c1-3-5-6-9-17-15(21)14-7-10-18-16(19-14)20(4-2)13-8-11-24(22,23)12-13/h7,10,13H,3-6,8-9,11-12H2,1-2H3,(H,17,21). The number of carbonyl (C=O) groups excluding carboxylic acids is 1. The van der Waals surface area contributed by atoms with Crippen molar-refractivity contribution < 1.29 is 13.2 Å². The molecule has 0 radical (unpaired) electrons. The molecule has 2 heterocycles. The zero-order chi connectivity index (χ0) is 17.6. The Kier molecular flexibility index (Phi) is 6.53. The second kappa shape index (κ2) is 8.41. The Morgan fingerprint density at radius 1 is 1.38 bits per heavy atom. The number of aromatic nitrogens is 2. The lowest BCUT2D eigenvalue weighted by Gasteiger charge is -2.26. The normalized spacial score (nSPS) is 19.2. The van der Waals surface area contributed by atoms with Crippen molar-refractivity contribution in [3.63, 3.8) is 0 Å². The molecule has 1 aromatic rings. The van der Waals surface area contributed by atoms with E-state index >= 15 is 0 Å². The zero-order valence-electron chi connectivity index (χ0n) is 14.4. The van der Waals surface area contributed by atoms with Gasteiger partial charge in [0.1, 0.15) is 5.69 Å². The molecule has 1 N–H and O–H groups in total. The Morgan fingerprint density at radius 3 is 2.79 bits per heavy atom. The van der Waals surface area contributed by atoms with Crippen LogP contribution < -0.4 is 10.2 Å². The van der Waals surface area contributed by atoms with Crippen molar-refractivity contribution in [3.8, 4) is 0 Å². The van der Waals surface area contributed by atoms with Gasteiger partial charge >= 0.3 is 0 Å². The minimum Gasteiger partial charge on any atom is -0.351 e. The summed E-state index contributed by atoms with van der Waals surface area (Å²) in [6.45, 7) is 5.28. The van der Waals surface area contributed by atoms with Crippen LogP contribution in [0.15, 0.2) is 12.3 Å². The maximum Gasteiger partial charge on any atom is 0.270 e. The fraction of sp³-hybridized carbons (Fsp3) is 0.688. The Labute approximate surface area is 143 Å². The number of unbranched alkanes of at least 4 members (excludes halogenated alkanes) is 2. The quantitative estimate of drug-likeness (QED) is 0.710. The smallest absolute Gasteiger partial charge is 0.270 e. The van der Waals surface area contributed by atoms with E-state index < -0.39 is 9.84 Å². The van der Waals surface area contributed by atoms with Crippen LogP contribution in [0.1, 0.15) is 50.0 Å². The van der Waals surface area contributed by atoms with E-state index in [0.29, 0.717) is 31.2 Å². The SMILES string of the molecule is CCCCCNC(=O)c1ccnc(N(CC)C2CCS(=O)(=O)C2)n1. The van der Waals surface area contributed by atoms with Crippen LogP contribution in [0, 0.1) is 0 Å². The molecule has 1 fully saturated rings. The Hall–Kier alpha value is -1.70. The van der Waals surface area contributed by atoms with Gasteiger partial charge in [-0.2, -0.15) is 0 Å². The fourth-order valence-electron chi connectivity index (χ4n) is 2.86. The predicted molar refractivity (Wildman–Crippen MR) is 94.0 cm³/mol. The number of rotatable bonds is 8. The molecule has 7 nitrogen and oxygen atoms in total. The van der Waals surface area contributed by atoms with E-state index in [0.717, 1.165) is 19.3 Å². The topological polar surface area (TPSA) is 92.3 Å². The maximum atomic E-state index is 12.2. The van der Waals surface area contributed by atoms with Gasteiger partial charge in [-0.1, -0.05) is 19.8 Å². The number of hydrogen-bond donors (Lipinski definition) is 1. The number of nitrogens with one attached hydrogen (secondary N) is 1. The molecule has 1 saturated heterocycles. The molecule has 8 heteroatoms. The summed E-state index contributed by atoms with van der Waals surface area (Å²) in [6.07, 6.45) is 5.25. The lowest BCUT2D eigenvalue weighted by molar-refractivity contribution is 0.0948. The monoisotopic (exact) mass is 354 g/mol. The molecule has 0 spiro atoms. The van der Waals surface area contributed by atoms with Crippen LogP contribution in [0.2, 0.25) is 0 Å². The lowest BCUT2D eigenvalue weighted by atomic mass is 10.2. The van der Waals surface area contributed by atoms with Crippen molar-refractivity contribution in [2.24, 2.45) is 0 Å². The first kappa shape index (κ1) is 18.6. The Balaban J connectivity index is 2.06. The molecule has 1 unspecified atom stereocenters. The van der Waals surface area contributed by atoms with Crippen LogP contribution in [-0.2, 0) is 9.84 Å². The van der Waals surface area contributed by atoms with Crippen LogP contribution in [0.25, 0.3) is 0 Å². The van der Waals surface area contributed by atoms with E-state index in [2.05, 4.69) is 22.2 Å². The van der Waals surface area contributed by atoms with Gasteiger partial charge < -0.3 is 10.2 Å². The number of anilines is 1. The predicted octanol–water partition coefficient (Wildman–Crippen LogP) is 1.41. The summed E-state index contributed by atoms with van der Waals surface area (Å²) in [6, 6.07) is 1.46. The first-order valence-corrected chi connectivity index (χ1v) is 10.4. The molecule has 0 bridgehead atoms. The van der Waals surface area contributed by atoms with E-state index in [1.54, 1.807) is 12.3 Å². The molecule has 0 saturated carbocycles. The van der Waals surface area contributed by atoms with Crippen molar-refractivity contribution in [1.82, 2.24) is 15.3 Å². The third-order valence-electron chi connectivity index (χ3n) is 4.19. The Bertz CT molecular complexity index is 663. The van der Waals surface area contributed by atoms with E-state index in [9.17, 15) is 13.2 Å². The molecule has 0 aliphatic carbocycles. The average molecular weight is 354 g/mol. The van der Waals surface area contributed by atoms with Gasteiger partial charge in [0.05, 0.1) is 11.5 Å². The summed E-state index contributed by atoms with van der Waals surface area (Å²) in [4.78, 5) is 22.6. The van der Waals surface area contributed by atoms with Gasteiger partial charge in [0, 0.05) is 25.3 Å². The summed E-state index contributed by atoms with van der Waals surface area (Å²) < 4.78 is 23.4. The van der Waals surface area contributed by atoms with E-state index in [1.165, 1.54) is 0 Å². The van der Waals surface area contributed by atoms with Crippen molar-refractivity contribution in [2.75, 3.05) is 29.5 Å². The van der Waals surface area contributed by atoms with Crippen molar-refractivity contribution >= 4 is 21.7 Å². The molecular weight excluding hydrogens is 328 g/mol. The molecule has 0 aromatic carbocycles. The summed E-state index contributed by atoms with van der Waals surface area (Å²) in [5.41, 5.74) is 0.316. The van der Waals surface area contributed by atoms with Gasteiger partial charge in [-0.25, -0.2) is 18.4 Å². The number of sulfone groups is 1. The largest absolute Gasteiger partial charge is 0.351 e. The lowest BCUT2D eigenvalue weighted by Crippen LogP contribution is -2.38. The first-order chi connectivity index (χ1) is 11.5. The molecule has 134 valence electrons. The second-order valence-electron chi connectivity index (χ2n) is 6.05. The van der Waals surface area contributed by atoms with Crippen LogP contribution >= 0.6 is 0 Å². The van der Waals surface area contributed by atoms with Crippen LogP contribution in [0.4, 0.5) is 5.95 Å². The van der Waals surface area contributed by atoms with Gasteiger partial charge in [-0.05, 0) is 25.8 Å². The molecule has 1 amide bonds. The number of amides is 1. The Morgan fingerprint density at radius 2 is 2.17 bits per heavy atom. The highest BCUT2D eigenvalue weighted by atomic mass is 32.2. The average Bonchev–Trinajstić information content (AvgIpc) is 2.92. The third-order valence-corrected chi connectivity index (χ3v) is 5.94. The number of nitrogens with zero attached hydrogens (tertiary/aromatic N) is 3. The molecule has 1 atom stereocenters. The minimum absolute atomic E-state index is 0.122. The van der Waals surface area contributed by atoms with Crippen molar-refractivity contribution in [2.45, 2.75) is 45.6 Å². The highest BCUT2D eigenvalue weighted by Gasteiger charge is 2.33. The molecule has 1 aliphatic heterocycles. The summed E-state index contributed by atoms with van der Waals surface area (Å²) in [7, 11) is -2.98. The highest BCUT2D eigenvalue weighted by Crippen LogP contribution is 2.21. The van der Waals surface area contributed by atoms with E-state index in [1.807, 2.05) is 11.8 Å². The first-order valence-electron chi connectivity index (χ1n) is 8.55. The third kappa shape index (κ3) is 4.90. The van der Waals surface area contributed by atoms with Gasteiger partial charge in [-0.15, -0.1) is 0 Å². The van der Waals surface area contributed by atoms with E-state index in [-0.39, 0.29) is 23.5 Å². The number of hydrogen-bond acceptors (Lipinski definition) is 6. The van der Waals surface area contributed by atoms with Gasteiger partial charge in [-0.3, -0.25) is 4.79 Å². The second-order valence-corrected chi connectivity index (χ2v) is 8.28. The van der Waals surface area contributed by atoms with Gasteiger partial charge in [0.25, 0.3) is 5.91 Å². The molecule has 1 aliphatic rings. The van der Waals surface area contributed by atoms with Crippen LogP contribution in [0.3, 0.4) is 0 Å². The summed E-state index contributed by atoms with van der Waals surface area (Å²) in [5.74, 6) is 0.523. The molecule has 2 rings (SSSR count). The van der Waals surface area contributed by atoms with Crippen molar-refractivity contribution in [1.29, 1.82) is 0 Å². The van der Waals surface area contributed by atoms with Gasteiger partial charge in [0.15, 0.2) is 9.84 Å². The summed E-state index contributed by atoms with van der Waals surface area (Å²) >= 11 is 0. The zero-order valence-corrected chi connectivity index (χ0v) is 15.2. The highest BCUT2D eigenvalue weighted by molar-refractivity contribution is 7.91. The molecule has 1 aromatic heterocycles. The minimum atomic E-state index is -2.98. The van der Waals surface area contributed by atoms with Crippen LogP contribution in [0.5, 0.6) is 0 Å². The molecular formula is C16H26N4O3S. The number of carbonyl (C=O) groups is 1. The van der Waals surface area contributed by atoms with Crippen LogP contribution in [-0.4, -0.2) is 54.9 Å².